The van der Waals surface area contributed by atoms with E-state index in [1.807, 2.05) is 35.2 Å². The van der Waals surface area contributed by atoms with E-state index in [9.17, 15) is 4.79 Å². The molecule has 29 heavy (non-hydrogen) atoms. The van der Waals surface area contributed by atoms with Gasteiger partial charge in [0.1, 0.15) is 12.4 Å². The van der Waals surface area contributed by atoms with Crippen LogP contribution in [0, 0.1) is 13.8 Å². The summed E-state index contributed by atoms with van der Waals surface area (Å²) in [5.41, 5.74) is 5.76. The molecule has 0 aliphatic carbocycles. The van der Waals surface area contributed by atoms with Crippen LogP contribution in [0.5, 0.6) is 5.75 Å². The number of ether oxygens (including phenoxy) is 3. The van der Waals surface area contributed by atoms with Gasteiger partial charge in [-0.2, -0.15) is 0 Å². The number of aryl methyl sites for hydroxylation is 2. The third-order valence-corrected chi connectivity index (χ3v) is 5.70. The molecule has 2 aromatic rings. The van der Waals surface area contributed by atoms with Crippen molar-refractivity contribution in [2.75, 3.05) is 20.3 Å². The number of nitrogens with zero attached hydrogens (tertiary/aromatic N) is 1. The number of methoxy groups -OCH3 is 1. The standard InChI is InChI=1S/C24H27NO4/c1-16-10-23(27-3)17(2)9-22(16)19-11-20-14-28-15-21(12-19)25(20)24(26)29-13-18-7-5-4-6-8-18/h4-11,20-21H,12-15H2,1-3H3. The Hall–Kier alpha value is -2.79. The van der Waals surface area contributed by atoms with Crippen molar-refractivity contribution in [1.82, 2.24) is 4.90 Å². The summed E-state index contributed by atoms with van der Waals surface area (Å²) in [6.07, 6.45) is 2.64. The van der Waals surface area contributed by atoms with Crippen LogP contribution in [0.2, 0.25) is 0 Å². The van der Waals surface area contributed by atoms with Crippen molar-refractivity contribution in [3.05, 3.63) is 70.8 Å². The number of carbonyl (C=O) groups excluding carboxylic acids is 1. The van der Waals surface area contributed by atoms with Crippen molar-refractivity contribution in [3.63, 3.8) is 0 Å². The smallest absolute Gasteiger partial charge is 0.411 e. The van der Waals surface area contributed by atoms with Gasteiger partial charge in [0.15, 0.2) is 0 Å². The lowest BCUT2D eigenvalue weighted by Crippen LogP contribution is -2.56. The second-order valence-corrected chi connectivity index (χ2v) is 7.74. The lowest BCUT2D eigenvalue weighted by molar-refractivity contribution is -0.0342. The third kappa shape index (κ3) is 4.01. The van der Waals surface area contributed by atoms with Gasteiger partial charge in [0.05, 0.1) is 32.4 Å². The second kappa shape index (κ2) is 8.29. The van der Waals surface area contributed by atoms with Crippen LogP contribution in [0.15, 0.2) is 48.5 Å². The van der Waals surface area contributed by atoms with Crippen LogP contribution < -0.4 is 4.74 Å². The van der Waals surface area contributed by atoms with E-state index in [2.05, 4.69) is 32.1 Å². The lowest BCUT2D eigenvalue weighted by atomic mass is 9.87. The summed E-state index contributed by atoms with van der Waals surface area (Å²) in [4.78, 5) is 14.7. The van der Waals surface area contributed by atoms with Crippen molar-refractivity contribution in [2.45, 2.75) is 39.0 Å². The number of carbonyl (C=O) groups is 1. The second-order valence-electron chi connectivity index (χ2n) is 7.74. The first-order valence-electron chi connectivity index (χ1n) is 10.00. The van der Waals surface area contributed by atoms with E-state index in [1.165, 1.54) is 16.7 Å². The number of hydrogen-bond donors (Lipinski definition) is 0. The minimum absolute atomic E-state index is 0.0150. The van der Waals surface area contributed by atoms with Gasteiger partial charge >= 0.3 is 6.09 Å². The van der Waals surface area contributed by atoms with Crippen LogP contribution in [0.1, 0.15) is 28.7 Å². The SMILES string of the molecule is COc1cc(C)c(C2=CC3COCC(C2)N3C(=O)OCc2ccccc2)cc1C. The molecular formula is C24H27NO4. The molecule has 1 fully saturated rings. The van der Waals surface area contributed by atoms with E-state index in [1.54, 1.807) is 7.11 Å². The molecular weight excluding hydrogens is 366 g/mol. The molecule has 4 rings (SSSR count). The highest BCUT2D eigenvalue weighted by Crippen LogP contribution is 2.36. The van der Waals surface area contributed by atoms with Gasteiger partial charge in [0.25, 0.3) is 0 Å². The predicted molar refractivity (Wildman–Crippen MR) is 112 cm³/mol. The van der Waals surface area contributed by atoms with Gasteiger partial charge < -0.3 is 14.2 Å². The first-order valence-corrected chi connectivity index (χ1v) is 10.00. The molecule has 0 radical (unpaired) electrons. The Morgan fingerprint density at radius 1 is 1.14 bits per heavy atom. The summed E-state index contributed by atoms with van der Waals surface area (Å²) >= 11 is 0. The van der Waals surface area contributed by atoms with Gasteiger partial charge in [0.2, 0.25) is 0 Å². The zero-order valence-corrected chi connectivity index (χ0v) is 17.2. The molecule has 2 atom stereocenters. The Balaban J connectivity index is 1.54. The monoisotopic (exact) mass is 393 g/mol. The van der Waals surface area contributed by atoms with Gasteiger partial charge in [-0.15, -0.1) is 0 Å². The molecule has 0 spiro atoms. The van der Waals surface area contributed by atoms with Crippen LogP contribution in [0.25, 0.3) is 5.57 Å². The maximum atomic E-state index is 12.8. The fourth-order valence-corrected chi connectivity index (χ4v) is 4.23. The number of morpholine rings is 1. The zero-order valence-electron chi connectivity index (χ0n) is 17.2. The molecule has 2 aromatic carbocycles. The highest BCUT2D eigenvalue weighted by Gasteiger charge is 2.39. The van der Waals surface area contributed by atoms with E-state index in [4.69, 9.17) is 14.2 Å². The molecule has 5 heteroatoms. The summed E-state index contributed by atoms with van der Waals surface area (Å²) in [5.74, 6) is 0.900. The molecule has 2 bridgehead atoms. The Morgan fingerprint density at radius 2 is 1.93 bits per heavy atom. The first-order chi connectivity index (χ1) is 14.1. The van der Waals surface area contributed by atoms with Gasteiger partial charge in [0, 0.05) is 0 Å². The molecule has 1 saturated heterocycles. The Morgan fingerprint density at radius 3 is 2.66 bits per heavy atom. The molecule has 1 amide bonds. The third-order valence-electron chi connectivity index (χ3n) is 5.70. The number of fused-ring (bicyclic) bond motifs is 2. The van der Waals surface area contributed by atoms with Gasteiger partial charge in [-0.3, -0.25) is 4.90 Å². The molecule has 2 aliphatic heterocycles. The van der Waals surface area contributed by atoms with E-state index in [0.717, 1.165) is 23.3 Å². The van der Waals surface area contributed by atoms with Crippen molar-refractivity contribution in [2.24, 2.45) is 0 Å². The molecule has 0 N–H and O–H groups in total. The van der Waals surface area contributed by atoms with Crippen LogP contribution >= 0.6 is 0 Å². The normalized spacial score (nSPS) is 20.8. The topological polar surface area (TPSA) is 48.0 Å². The molecule has 5 nitrogen and oxygen atoms in total. The maximum Gasteiger partial charge on any atom is 0.411 e. The average Bonchev–Trinajstić information content (AvgIpc) is 2.73. The van der Waals surface area contributed by atoms with Crippen LogP contribution in [0.3, 0.4) is 0 Å². The molecule has 0 saturated carbocycles. The molecule has 2 unspecified atom stereocenters. The van der Waals surface area contributed by atoms with E-state index < -0.39 is 0 Å². The maximum absolute atomic E-state index is 12.8. The number of amides is 1. The van der Waals surface area contributed by atoms with E-state index in [-0.39, 0.29) is 24.8 Å². The molecule has 152 valence electrons. The zero-order chi connectivity index (χ0) is 20.4. The minimum Gasteiger partial charge on any atom is -0.496 e. The highest BCUT2D eigenvalue weighted by molar-refractivity contribution is 5.76. The first kappa shape index (κ1) is 19.5. The number of benzene rings is 2. The van der Waals surface area contributed by atoms with Crippen molar-refractivity contribution in [3.8, 4) is 5.75 Å². The van der Waals surface area contributed by atoms with Crippen molar-refractivity contribution in [1.29, 1.82) is 0 Å². The number of hydrogen-bond acceptors (Lipinski definition) is 4. The Kier molecular flexibility index (Phi) is 5.58. The molecule has 0 aromatic heterocycles. The molecule has 2 aliphatic rings. The summed E-state index contributed by atoms with van der Waals surface area (Å²) in [6, 6.07) is 13.9. The van der Waals surface area contributed by atoms with Gasteiger partial charge in [-0.1, -0.05) is 36.4 Å². The lowest BCUT2D eigenvalue weighted by Gasteiger charge is -2.44. The summed E-state index contributed by atoms with van der Waals surface area (Å²) < 4.78 is 16.8. The number of rotatable bonds is 4. The average molecular weight is 393 g/mol. The van der Waals surface area contributed by atoms with Crippen LogP contribution in [0.4, 0.5) is 4.79 Å². The summed E-state index contributed by atoms with van der Waals surface area (Å²) in [5, 5.41) is 0. The molecule has 2 heterocycles. The fraction of sp³-hybridized carbons (Fsp3) is 0.375. The van der Waals surface area contributed by atoms with E-state index in [0.29, 0.717) is 13.2 Å². The quantitative estimate of drug-likeness (QED) is 0.767. The van der Waals surface area contributed by atoms with E-state index >= 15 is 0 Å². The highest BCUT2D eigenvalue weighted by atomic mass is 16.6. The Labute approximate surface area is 171 Å². The fourth-order valence-electron chi connectivity index (χ4n) is 4.23. The summed E-state index contributed by atoms with van der Waals surface area (Å²) in [6.45, 7) is 5.47. The summed E-state index contributed by atoms with van der Waals surface area (Å²) in [7, 11) is 1.70. The van der Waals surface area contributed by atoms with Gasteiger partial charge in [-0.05, 0) is 60.2 Å². The minimum atomic E-state index is -0.273. The largest absolute Gasteiger partial charge is 0.496 e. The van der Waals surface area contributed by atoms with Crippen LogP contribution in [-0.2, 0) is 16.1 Å². The van der Waals surface area contributed by atoms with Gasteiger partial charge in [-0.25, -0.2) is 4.79 Å². The van der Waals surface area contributed by atoms with Crippen LogP contribution in [-0.4, -0.2) is 43.4 Å². The predicted octanol–water partition coefficient (Wildman–Crippen LogP) is 4.51. The van der Waals surface area contributed by atoms with Crippen molar-refractivity contribution < 1.29 is 19.0 Å². The Bertz CT molecular complexity index is 922. The van der Waals surface area contributed by atoms with Crippen molar-refractivity contribution >= 4 is 11.7 Å².